The van der Waals surface area contributed by atoms with E-state index in [2.05, 4.69) is 5.32 Å². The average molecular weight is 367 g/mol. The number of likely N-dealkylation sites (tertiary alicyclic amines) is 1. The third kappa shape index (κ3) is 3.39. The van der Waals surface area contributed by atoms with Crippen LogP contribution in [0.25, 0.3) is 0 Å². The SMILES string of the molecule is CC(C)(C)OC(=O)N1CCC2(CC1)[NH2+]C1(CCCC1)C(=O)N2CC(=O)[O-]. The smallest absolute Gasteiger partial charge is 0.410 e. The molecule has 3 rings (SSSR count). The largest absolute Gasteiger partial charge is 0.548 e. The van der Waals surface area contributed by atoms with Crippen LogP contribution in [0.1, 0.15) is 59.3 Å². The molecule has 0 aromatic heterocycles. The van der Waals surface area contributed by atoms with E-state index < -0.39 is 22.8 Å². The molecule has 146 valence electrons. The van der Waals surface area contributed by atoms with Crippen molar-refractivity contribution in [2.24, 2.45) is 0 Å². The van der Waals surface area contributed by atoms with Crippen molar-refractivity contribution >= 4 is 18.0 Å². The Bertz CT molecular complexity index is 598. The molecule has 8 nitrogen and oxygen atoms in total. The maximum absolute atomic E-state index is 13.0. The van der Waals surface area contributed by atoms with E-state index in [1.165, 1.54) is 4.90 Å². The van der Waals surface area contributed by atoms with Crippen molar-refractivity contribution in [1.29, 1.82) is 0 Å². The lowest BCUT2D eigenvalue weighted by Gasteiger charge is -2.42. The quantitative estimate of drug-likeness (QED) is 0.686. The summed E-state index contributed by atoms with van der Waals surface area (Å²) in [6.07, 6.45) is 4.25. The fourth-order valence-electron chi connectivity index (χ4n) is 4.66. The summed E-state index contributed by atoms with van der Waals surface area (Å²) >= 11 is 0. The Morgan fingerprint density at radius 1 is 1.15 bits per heavy atom. The van der Waals surface area contributed by atoms with Crippen molar-refractivity contribution in [2.75, 3.05) is 19.6 Å². The number of rotatable bonds is 2. The molecule has 0 radical (unpaired) electrons. The highest BCUT2D eigenvalue weighted by Gasteiger charge is 2.64. The first-order valence-electron chi connectivity index (χ1n) is 9.44. The van der Waals surface area contributed by atoms with Crippen molar-refractivity contribution < 1.29 is 29.5 Å². The van der Waals surface area contributed by atoms with Gasteiger partial charge in [-0.1, -0.05) is 0 Å². The summed E-state index contributed by atoms with van der Waals surface area (Å²) < 4.78 is 5.43. The predicted molar refractivity (Wildman–Crippen MR) is 89.6 cm³/mol. The molecule has 0 aromatic carbocycles. The van der Waals surface area contributed by atoms with Crippen LogP contribution >= 0.6 is 0 Å². The lowest BCUT2D eigenvalue weighted by atomic mass is 9.94. The van der Waals surface area contributed by atoms with Crippen LogP contribution in [0.2, 0.25) is 0 Å². The van der Waals surface area contributed by atoms with Gasteiger partial charge in [-0.05, 0) is 33.6 Å². The second-order valence-electron chi connectivity index (χ2n) is 8.84. The predicted octanol–water partition coefficient (Wildman–Crippen LogP) is -0.818. The maximum atomic E-state index is 13.0. The Kier molecular flexibility index (Phi) is 4.67. The minimum Gasteiger partial charge on any atom is -0.548 e. The minimum absolute atomic E-state index is 0.0788. The first kappa shape index (κ1) is 18.9. The molecule has 8 heteroatoms. The van der Waals surface area contributed by atoms with Crippen LogP contribution in [0.5, 0.6) is 0 Å². The second-order valence-corrected chi connectivity index (χ2v) is 8.84. The van der Waals surface area contributed by atoms with Gasteiger partial charge >= 0.3 is 6.09 Å². The zero-order chi connectivity index (χ0) is 19.2. The van der Waals surface area contributed by atoms with Crippen molar-refractivity contribution in [2.45, 2.75) is 76.1 Å². The van der Waals surface area contributed by atoms with Crippen molar-refractivity contribution in [3.05, 3.63) is 0 Å². The van der Waals surface area contributed by atoms with E-state index in [0.29, 0.717) is 25.9 Å². The topological polar surface area (TPSA) is 107 Å². The van der Waals surface area contributed by atoms with Crippen LogP contribution < -0.4 is 10.4 Å². The summed E-state index contributed by atoms with van der Waals surface area (Å²) in [7, 11) is 0. The lowest BCUT2D eigenvalue weighted by Crippen LogP contribution is -3.04. The average Bonchev–Trinajstić information content (AvgIpc) is 3.07. The highest BCUT2D eigenvalue weighted by Crippen LogP contribution is 2.38. The number of nitrogens with zero attached hydrogens (tertiary/aromatic N) is 2. The fourth-order valence-corrected chi connectivity index (χ4v) is 4.66. The summed E-state index contributed by atoms with van der Waals surface area (Å²) in [5.74, 6) is -1.32. The van der Waals surface area contributed by atoms with E-state index in [4.69, 9.17) is 4.74 Å². The Balaban J connectivity index is 1.75. The Hall–Kier alpha value is -1.83. The molecule has 3 fully saturated rings. The van der Waals surface area contributed by atoms with E-state index in [-0.39, 0.29) is 18.5 Å². The fraction of sp³-hybridized carbons (Fsp3) is 0.833. The van der Waals surface area contributed by atoms with Gasteiger partial charge in [-0.2, -0.15) is 0 Å². The highest BCUT2D eigenvalue weighted by molar-refractivity contribution is 5.89. The van der Waals surface area contributed by atoms with Gasteiger partial charge in [-0.15, -0.1) is 0 Å². The van der Waals surface area contributed by atoms with E-state index in [1.54, 1.807) is 4.90 Å². The van der Waals surface area contributed by atoms with Gasteiger partial charge in [0, 0.05) is 38.8 Å². The van der Waals surface area contributed by atoms with Gasteiger partial charge in [0.1, 0.15) is 5.60 Å². The first-order chi connectivity index (χ1) is 12.1. The highest BCUT2D eigenvalue weighted by atomic mass is 16.6. The minimum atomic E-state index is -1.24. The Morgan fingerprint density at radius 3 is 2.23 bits per heavy atom. The van der Waals surface area contributed by atoms with Crippen LogP contribution in [0.15, 0.2) is 0 Å². The van der Waals surface area contributed by atoms with Gasteiger partial charge in [-0.25, -0.2) is 4.79 Å². The number of carboxylic acid groups (broad SMARTS) is 1. The molecule has 1 saturated carbocycles. The van der Waals surface area contributed by atoms with Crippen molar-refractivity contribution in [1.82, 2.24) is 9.80 Å². The van der Waals surface area contributed by atoms with E-state index in [0.717, 1.165) is 25.7 Å². The van der Waals surface area contributed by atoms with Gasteiger partial charge in [0.25, 0.3) is 5.91 Å². The summed E-state index contributed by atoms with van der Waals surface area (Å²) in [6.45, 7) is 5.97. The number of carbonyl (C=O) groups is 3. The van der Waals surface area contributed by atoms with Crippen LogP contribution in [0.3, 0.4) is 0 Å². The number of hydrogen-bond acceptors (Lipinski definition) is 5. The maximum Gasteiger partial charge on any atom is 0.410 e. The Morgan fingerprint density at radius 2 is 1.73 bits per heavy atom. The molecule has 2 aliphatic heterocycles. The third-order valence-corrected chi connectivity index (χ3v) is 5.82. The molecule has 0 bridgehead atoms. The van der Waals surface area contributed by atoms with Crippen molar-refractivity contribution in [3.8, 4) is 0 Å². The molecular formula is C18H29N3O5. The molecule has 2 amide bonds. The van der Waals surface area contributed by atoms with E-state index >= 15 is 0 Å². The molecular weight excluding hydrogens is 338 g/mol. The van der Waals surface area contributed by atoms with Crippen molar-refractivity contribution in [3.63, 3.8) is 0 Å². The summed E-state index contributed by atoms with van der Waals surface area (Å²) in [6, 6.07) is 0. The third-order valence-electron chi connectivity index (χ3n) is 5.82. The first-order valence-corrected chi connectivity index (χ1v) is 9.44. The summed E-state index contributed by atoms with van der Waals surface area (Å²) in [4.78, 5) is 39.7. The number of amides is 2. The second kappa shape index (κ2) is 6.40. The molecule has 1 aliphatic carbocycles. The van der Waals surface area contributed by atoms with E-state index in [1.807, 2.05) is 20.8 Å². The van der Waals surface area contributed by atoms with Crippen LogP contribution in [-0.4, -0.2) is 64.2 Å². The summed E-state index contributed by atoms with van der Waals surface area (Å²) in [5.41, 5.74) is -1.68. The molecule has 0 atom stereocenters. The number of piperidine rings is 1. The molecule has 3 aliphatic rings. The standard InChI is InChI=1S/C18H29N3O5/c1-16(2,3)26-15(25)20-10-8-18(9-11-20)19-17(6-4-5-7-17)14(24)21(18)12-13(22)23/h19H,4-12H2,1-3H3,(H,22,23). The van der Waals surface area contributed by atoms with Gasteiger partial charge in [-0.3, -0.25) is 9.69 Å². The number of nitrogens with two attached hydrogens (primary N) is 1. The lowest BCUT2D eigenvalue weighted by molar-refractivity contribution is -0.776. The molecule has 2 saturated heterocycles. The number of aliphatic carboxylic acids is 1. The van der Waals surface area contributed by atoms with Gasteiger partial charge < -0.3 is 24.9 Å². The van der Waals surface area contributed by atoms with Gasteiger partial charge in [0.2, 0.25) is 0 Å². The zero-order valence-electron chi connectivity index (χ0n) is 15.9. The number of carboxylic acids is 1. The zero-order valence-corrected chi connectivity index (χ0v) is 15.9. The van der Waals surface area contributed by atoms with Crippen LogP contribution in [0, 0.1) is 0 Å². The molecule has 26 heavy (non-hydrogen) atoms. The number of hydrogen-bond donors (Lipinski definition) is 1. The summed E-state index contributed by atoms with van der Waals surface area (Å²) in [5, 5.41) is 13.4. The molecule has 0 unspecified atom stereocenters. The van der Waals surface area contributed by atoms with Gasteiger partial charge in [0.15, 0.2) is 11.2 Å². The number of carbonyl (C=O) groups excluding carboxylic acids is 3. The normalized spacial score (nSPS) is 24.5. The van der Waals surface area contributed by atoms with Gasteiger partial charge in [0.05, 0.1) is 12.5 Å². The molecule has 2 spiro atoms. The monoisotopic (exact) mass is 367 g/mol. The molecule has 2 N–H and O–H groups in total. The van der Waals surface area contributed by atoms with Crippen LogP contribution in [0.4, 0.5) is 4.79 Å². The number of quaternary nitrogens is 1. The van der Waals surface area contributed by atoms with Crippen LogP contribution in [-0.2, 0) is 14.3 Å². The Labute approximate surface area is 153 Å². The number of ether oxygens (including phenoxy) is 1. The van der Waals surface area contributed by atoms with E-state index in [9.17, 15) is 19.5 Å². The molecule has 0 aromatic rings. The molecule has 2 heterocycles.